The van der Waals surface area contributed by atoms with Crippen LogP contribution >= 0.6 is 0 Å². The molecule has 3 aromatic rings. The van der Waals surface area contributed by atoms with E-state index in [1.807, 2.05) is 48.5 Å². The van der Waals surface area contributed by atoms with E-state index in [1.54, 1.807) is 36.3 Å². The Morgan fingerprint density at radius 3 is 2.68 bits per heavy atom. The Balaban J connectivity index is 1.58. The number of carbonyl (C=O) groups is 2. The maximum absolute atomic E-state index is 13.4. The van der Waals surface area contributed by atoms with Gasteiger partial charge in [-0.3, -0.25) is 9.59 Å². The van der Waals surface area contributed by atoms with E-state index in [0.717, 1.165) is 28.8 Å². The largest absolute Gasteiger partial charge is 0.497 e. The zero-order valence-electron chi connectivity index (χ0n) is 17.0. The summed E-state index contributed by atoms with van der Waals surface area (Å²) >= 11 is 0. The van der Waals surface area contributed by atoms with Gasteiger partial charge in [-0.1, -0.05) is 54.6 Å². The summed E-state index contributed by atoms with van der Waals surface area (Å²) in [5.74, 6) is -0.0305. The maximum Gasteiger partial charge on any atom is 0.272 e. The van der Waals surface area contributed by atoms with Gasteiger partial charge in [-0.15, -0.1) is 0 Å². The van der Waals surface area contributed by atoms with Crippen molar-refractivity contribution in [2.24, 2.45) is 4.99 Å². The minimum atomic E-state index is -1.02. The fourth-order valence-corrected chi connectivity index (χ4v) is 4.16. The number of anilines is 1. The molecule has 31 heavy (non-hydrogen) atoms. The second-order valence-corrected chi connectivity index (χ2v) is 7.50. The predicted molar refractivity (Wildman–Crippen MR) is 119 cm³/mol. The third-order valence-electron chi connectivity index (χ3n) is 5.65. The summed E-state index contributed by atoms with van der Waals surface area (Å²) in [5.41, 5.74) is 4.94. The van der Waals surface area contributed by atoms with Crippen LogP contribution in [0.4, 0.5) is 5.69 Å². The Morgan fingerprint density at radius 2 is 1.87 bits per heavy atom. The fourth-order valence-electron chi connectivity index (χ4n) is 4.16. The van der Waals surface area contributed by atoms with Gasteiger partial charge in [0.25, 0.3) is 11.8 Å². The van der Waals surface area contributed by atoms with Crippen molar-refractivity contribution in [2.45, 2.75) is 12.6 Å². The van der Waals surface area contributed by atoms with E-state index < -0.39 is 6.17 Å². The first-order chi connectivity index (χ1) is 15.2. The van der Waals surface area contributed by atoms with Crippen LogP contribution in [0.3, 0.4) is 0 Å². The number of carbonyl (C=O) groups excluding carboxylic acids is 2. The van der Waals surface area contributed by atoms with Crippen molar-refractivity contribution < 1.29 is 14.3 Å². The van der Waals surface area contributed by atoms with Crippen LogP contribution in [0.1, 0.15) is 27.0 Å². The molecule has 1 unspecified atom stereocenters. The molecular formula is C25H21N3O3. The molecule has 0 radical (unpaired) electrons. The summed E-state index contributed by atoms with van der Waals surface area (Å²) in [6.45, 7) is 0.578. The first-order valence-corrected chi connectivity index (χ1v) is 10.2. The molecule has 2 aliphatic rings. The predicted octanol–water partition coefficient (Wildman–Crippen LogP) is 3.19. The summed E-state index contributed by atoms with van der Waals surface area (Å²) in [6, 6.07) is 22.6. The van der Waals surface area contributed by atoms with E-state index in [0.29, 0.717) is 23.6 Å². The van der Waals surface area contributed by atoms with Gasteiger partial charge in [-0.25, -0.2) is 4.99 Å². The molecule has 0 aliphatic carbocycles. The molecule has 0 saturated carbocycles. The quantitative estimate of drug-likeness (QED) is 0.717. The zero-order valence-corrected chi connectivity index (χ0v) is 17.0. The average Bonchev–Trinajstić information content (AvgIpc) is 3.21. The van der Waals surface area contributed by atoms with Crippen LogP contribution in [0, 0.1) is 0 Å². The van der Waals surface area contributed by atoms with Crippen molar-refractivity contribution in [3.05, 3.63) is 95.1 Å². The first-order valence-electron chi connectivity index (χ1n) is 10.2. The SMILES string of the molecule is COc1cccc(C(=O)NC2N=C(c3ccccc3)c3cccc4c3N(CC4)C2=O)c1. The molecule has 6 nitrogen and oxygen atoms in total. The van der Waals surface area contributed by atoms with Crippen LogP contribution in [0.5, 0.6) is 5.75 Å². The molecule has 0 saturated heterocycles. The highest BCUT2D eigenvalue weighted by atomic mass is 16.5. The van der Waals surface area contributed by atoms with Crippen molar-refractivity contribution in [3.63, 3.8) is 0 Å². The van der Waals surface area contributed by atoms with Crippen molar-refractivity contribution in [2.75, 3.05) is 18.6 Å². The van der Waals surface area contributed by atoms with Crippen LogP contribution in [0.25, 0.3) is 0 Å². The number of amides is 2. The number of rotatable bonds is 4. The minimum absolute atomic E-state index is 0.228. The molecule has 0 aromatic heterocycles. The number of nitrogens with one attached hydrogen (secondary N) is 1. The lowest BCUT2D eigenvalue weighted by atomic mass is 9.98. The average molecular weight is 411 g/mol. The minimum Gasteiger partial charge on any atom is -0.497 e. The number of hydrogen-bond donors (Lipinski definition) is 1. The highest BCUT2D eigenvalue weighted by Gasteiger charge is 2.37. The number of hydrogen-bond acceptors (Lipinski definition) is 4. The fraction of sp³-hybridized carbons (Fsp3) is 0.160. The highest BCUT2D eigenvalue weighted by molar-refractivity contribution is 6.21. The Labute approximate surface area is 180 Å². The third-order valence-corrected chi connectivity index (χ3v) is 5.65. The van der Waals surface area contributed by atoms with Crippen LogP contribution < -0.4 is 15.0 Å². The van der Waals surface area contributed by atoms with Gasteiger partial charge >= 0.3 is 0 Å². The van der Waals surface area contributed by atoms with E-state index in [1.165, 1.54) is 0 Å². The van der Waals surface area contributed by atoms with E-state index in [-0.39, 0.29) is 11.8 Å². The van der Waals surface area contributed by atoms with Gasteiger partial charge in [0.2, 0.25) is 6.17 Å². The second kappa shape index (κ2) is 7.72. The van der Waals surface area contributed by atoms with Crippen molar-refractivity contribution >= 4 is 23.2 Å². The Morgan fingerprint density at radius 1 is 1.06 bits per heavy atom. The molecule has 0 fully saturated rings. The first kappa shape index (κ1) is 19.1. The number of aliphatic imine (C=N–C) groups is 1. The van der Waals surface area contributed by atoms with Gasteiger partial charge < -0.3 is 15.0 Å². The number of nitrogens with zero attached hydrogens (tertiary/aromatic N) is 2. The summed E-state index contributed by atoms with van der Waals surface area (Å²) in [6.07, 6.45) is -0.236. The van der Waals surface area contributed by atoms with Crippen molar-refractivity contribution in [1.29, 1.82) is 0 Å². The van der Waals surface area contributed by atoms with Crippen molar-refractivity contribution in [3.8, 4) is 5.75 Å². The lowest BCUT2D eigenvalue weighted by Crippen LogP contribution is -2.46. The molecule has 154 valence electrons. The second-order valence-electron chi connectivity index (χ2n) is 7.50. The lowest BCUT2D eigenvalue weighted by molar-refractivity contribution is -0.120. The summed E-state index contributed by atoms with van der Waals surface area (Å²) in [7, 11) is 1.55. The smallest absolute Gasteiger partial charge is 0.272 e. The third kappa shape index (κ3) is 3.36. The monoisotopic (exact) mass is 411 g/mol. The summed E-state index contributed by atoms with van der Waals surface area (Å²) in [5, 5.41) is 2.83. The number of benzene rings is 3. The molecule has 3 aromatic carbocycles. The molecule has 0 spiro atoms. The molecular weight excluding hydrogens is 390 g/mol. The standard InChI is InChI=1S/C25H21N3O3/c1-31-19-11-5-10-18(15-19)24(29)27-23-25(30)28-14-13-17-9-6-12-20(22(17)28)21(26-23)16-7-3-2-4-8-16/h2-12,15,23H,13-14H2,1H3,(H,27,29). The van der Waals surface area contributed by atoms with Gasteiger partial charge in [0.1, 0.15) is 5.75 Å². The van der Waals surface area contributed by atoms with E-state index >= 15 is 0 Å². The van der Waals surface area contributed by atoms with Gasteiger partial charge in [0.15, 0.2) is 0 Å². The normalized spacial score (nSPS) is 16.9. The van der Waals surface area contributed by atoms with Gasteiger partial charge in [0.05, 0.1) is 18.5 Å². The van der Waals surface area contributed by atoms with Crippen LogP contribution in [0.15, 0.2) is 77.8 Å². The number of ether oxygens (including phenoxy) is 1. The lowest BCUT2D eigenvalue weighted by Gasteiger charge is -2.21. The number of para-hydroxylation sites is 1. The van der Waals surface area contributed by atoms with Crippen molar-refractivity contribution in [1.82, 2.24) is 5.32 Å². The van der Waals surface area contributed by atoms with Gasteiger partial charge in [-0.2, -0.15) is 0 Å². The van der Waals surface area contributed by atoms with Crippen LogP contribution in [-0.2, 0) is 11.2 Å². The molecule has 6 heteroatoms. The molecule has 1 N–H and O–H groups in total. The molecule has 1 atom stereocenters. The molecule has 0 bridgehead atoms. The van der Waals surface area contributed by atoms with E-state index in [9.17, 15) is 9.59 Å². The topological polar surface area (TPSA) is 71.0 Å². The van der Waals surface area contributed by atoms with E-state index in [4.69, 9.17) is 9.73 Å². The van der Waals surface area contributed by atoms with Gasteiger partial charge in [-0.05, 0) is 30.2 Å². The molecule has 2 heterocycles. The summed E-state index contributed by atoms with van der Waals surface area (Å²) < 4.78 is 5.21. The Bertz CT molecular complexity index is 1200. The Kier molecular flexibility index (Phi) is 4.75. The summed E-state index contributed by atoms with van der Waals surface area (Å²) in [4.78, 5) is 32.9. The molecule has 2 aliphatic heterocycles. The van der Waals surface area contributed by atoms with E-state index in [2.05, 4.69) is 5.32 Å². The Hall–Kier alpha value is -3.93. The number of methoxy groups -OCH3 is 1. The van der Waals surface area contributed by atoms with Crippen LogP contribution in [-0.4, -0.2) is 37.3 Å². The molecule has 2 amide bonds. The molecule has 5 rings (SSSR count). The van der Waals surface area contributed by atoms with Crippen LogP contribution in [0.2, 0.25) is 0 Å². The zero-order chi connectivity index (χ0) is 21.4. The maximum atomic E-state index is 13.4. The highest BCUT2D eigenvalue weighted by Crippen LogP contribution is 2.36. The van der Waals surface area contributed by atoms with Gasteiger partial charge in [0, 0.05) is 23.2 Å².